The van der Waals surface area contributed by atoms with Gasteiger partial charge in [0.05, 0.1) is 18.4 Å². The van der Waals surface area contributed by atoms with E-state index in [1.165, 1.54) is 0 Å². The van der Waals surface area contributed by atoms with E-state index in [0.717, 1.165) is 42.7 Å². The van der Waals surface area contributed by atoms with E-state index in [2.05, 4.69) is 5.16 Å². The molecule has 0 bridgehead atoms. The molecule has 1 aromatic carbocycles. The summed E-state index contributed by atoms with van der Waals surface area (Å²) in [4.78, 5) is 0. The fourth-order valence-electron chi connectivity index (χ4n) is 2.28. The van der Waals surface area contributed by atoms with Crippen molar-refractivity contribution in [2.45, 2.75) is 39.2 Å². The second kappa shape index (κ2) is 6.57. The van der Waals surface area contributed by atoms with Gasteiger partial charge in [-0.15, -0.1) is 0 Å². The molecular weight excluding hydrogens is 242 g/mol. The molecule has 0 radical (unpaired) electrons. The Kier molecular flexibility index (Phi) is 4.80. The van der Waals surface area contributed by atoms with Gasteiger partial charge in [-0.2, -0.15) is 0 Å². The van der Waals surface area contributed by atoms with E-state index in [-0.39, 0.29) is 0 Å². The van der Waals surface area contributed by atoms with E-state index in [9.17, 15) is 0 Å². The van der Waals surface area contributed by atoms with Crippen LogP contribution in [0.3, 0.4) is 0 Å². The van der Waals surface area contributed by atoms with E-state index in [1.807, 2.05) is 25.1 Å². The predicted octanol–water partition coefficient (Wildman–Crippen LogP) is 3.14. The van der Waals surface area contributed by atoms with Crippen molar-refractivity contribution in [2.75, 3.05) is 13.2 Å². The first-order chi connectivity index (χ1) is 9.20. The molecular formula is C15H21NO3. The van der Waals surface area contributed by atoms with Crippen molar-refractivity contribution < 1.29 is 14.7 Å². The number of nitrogens with zero attached hydrogens (tertiary/aromatic N) is 1. The Morgan fingerprint density at radius 3 is 3.05 bits per heavy atom. The third kappa shape index (κ3) is 3.70. The van der Waals surface area contributed by atoms with Crippen LogP contribution in [0.4, 0.5) is 0 Å². The van der Waals surface area contributed by atoms with Crippen LogP contribution in [0.1, 0.15) is 37.3 Å². The van der Waals surface area contributed by atoms with Crippen molar-refractivity contribution in [3.63, 3.8) is 0 Å². The van der Waals surface area contributed by atoms with Gasteiger partial charge >= 0.3 is 0 Å². The van der Waals surface area contributed by atoms with E-state index >= 15 is 0 Å². The first-order valence-corrected chi connectivity index (χ1v) is 6.75. The Balaban J connectivity index is 1.98. The quantitative estimate of drug-likeness (QED) is 0.504. The van der Waals surface area contributed by atoms with Gasteiger partial charge in [-0.3, -0.25) is 0 Å². The van der Waals surface area contributed by atoms with Crippen molar-refractivity contribution >= 4 is 5.71 Å². The fourth-order valence-corrected chi connectivity index (χ4v) is 2.28. The molecule has 1 unspecified atom stereocenters. The zero-order chi connectivity index (χ0) is 13.7. The van der Waals surface area contributed by atoms with Gasteiger partial charge in [-0.1, -0.05) is 16.8 Å². The minimum absolute atomic E-state index is 0.335. The number of rotatable bonds is 5. The largest absolute Gasteiger partial charge is 0.493 e. The Morgan fingerprint density at radius 2 is 2.37 bits per heavy atom. The van der Waals surface area contributed by atoms with Crippen molar-refractivity contribution in [3.8, 4) is 5.75 Å². The third-order valence-corrected chi connectivity index (χ3v) is 3.40. The molecule has 1 aromatic rings. The molecule has 1 aliphatic heterocycles. The highest BCUT2D eigenvalue weighted by Crippen LogP contribution is 2.22. The Hall–Kier alpha value is -1.55. The summed E-state index contributed by atoms with van der Waals surface area (Å²) in [6, 6.07) is 5.89. The van der Waals surface area contributed by atoms with Gasteiger partial charge in [-0.25, -0.2) is 0 Å². The Morgan fingerprint density at radius 1 is 1.53 bits per heavy atom. The molecule has 0 aromatic heterocycles. The minimum atomic E-state index is 0.335. The number of oxime groups is 1. The summed E-state index contributed by atoms with van der Waals surface area (Å²) in [6.07, 6.45) is 3.52. The maximum atomic E-state index is 8.91. The smallest absolute Gasteiger partial charge is 0.128 e. The SMILES string of the molecule is CC(=NO)c1cc(C)ccc1OCCC1CCCO1. The lowest BCUT2D eigenvalue weighted by atomic mass is 10.1. The molecule has 4 heteroatoms. The van der Waals surface area contributed by atoms with Gasteiger partial charge in [0, 0.05) is 18.6 Å². The van der Waals surface area contributed by atoms with Crippen LogP contribution in [0.2, 0.25) is 0 Å². The number of hydrogen-bond donors (Lipinski definition) is 1. The first kappa shape index (κ1) is 13.9. The van der Waals surface area contributed by atoms with E-state index in [0.29, 0.717) is 18.4 Å². The van der Waals surface area contributed by atoms with E-state index < -0.39 is 0 Å². The average molecular weight is 263 g/mol. The molecule has 19 heavy (non-hydrogen) atoms. The lowest BCUT2D eigenvalue weighted by molar-refractivity contribution is 0.0903. The Labute approximate surface area is 114 Å². The summed E-state index contributed by atoms with van der Waals surface area (Å²) >= 11 is 0. The summed E-state index contributed by atoms with van der Waals surface area (Å²) in [5.41, 5.74) is 2.52. The standard InChI is InChI=1S/C15H21NO3/c1-11-5-6-15(14(10-11)12(2)16-17)19-9-7-13-4-3-8-18-13/h5-6,10,13,17H,3-4,7-9H2,1-2H3. The number of ether oxygens (including phenoxy) is 2. The summed E-state index contributed by atoms with van der Waals surface area (Å²) < 4.78 is 11.4. The normalized spacial score (nSPS) is 19.7. The zero-order valence-electron chi connectivity index (χ0n) is 11.6. The number of hydrogen-bond acceptors (Lipinski definition) is 4. The highest BCUT2D eigenvalue weighted by Gasteiger charge is 2.15. The molecule has 104 valence electrons. The van der Waals surface area contributed by atoms with Crippen LogP contribution < -0.4 is 4.74 Å². The van der Waals surface area contributed by atoms with Crippen molar-refractivity contribution in [1.82, 2.24) is 0 Å². The maximum Gasteiger partial charge on any atom is 0.128 e. The van der Waals surface area contributed by atoms with Gasteiger partial charge < -0.3 is 14.7 Å². The molecule has 1 aliphatic rings. The number of aryl methyl sites for hydroxylation is 1. The summed E-state index contributed by atoms with van der Waals surface area (Å²) in [5.74, 6) is 0.763. The van der Waals surface area contributed by atoms with E-state index in [4.69, 9.17) is 14.7 Å². The molecule has 1 N–H and O–H groups in total. The second-order valence-corrected chi connectivity index (χ2v) is 4.96. The van der Waals surface area contributed by atoms with Crippen LogP contribution in [0.15, 0.2) is 23.4 Å². The highest BCUT2D eigenvalue weighted by atomic mass is 16.5. The van der Waals surface area contributed by atoms with Gasteiger partial charge in [0.1, 0.15) is 5.75 Å². The molecule has 1 saturated heterocycles. The minimum Gasteiger partial charge on any atom is -0.493 e. The summed E-state index contributed by atoms with van der Waals surface area (Å²) in [5, 5.41) is 12.2. The summed E-state index contributed by atoms with van der Waals surface area (Å²) in [6.45, 7) is 5.27. The monoisotopic (exact) mass is 263 g/mol. The second-order valence-electron chi connectivity index (χ2n) is 4.96. The van der Waals surface area contributed by atoms with Gasteiger partial charge in [0.25, 0.3) is 0 Å². The third-order valence-electron chi connectivity index (χ3n) is 3.40. The molecule has 2 rings (SSSR count). The topological polar surface area (TPSA) is 51.1 Å². The number of benzene rings is 1. The highest BCUT2D eigenvalue weighted by molar-refractivity contribution is 6.00. The molecule has 0 spiro atoms. The van der Waals surface area contributed by atoms with Crippen LogP contribution in [-0.2, 0) is 4.74 Å². The molecule has 4 nitrogen and oxygen atoms in total. The molecule has 0 amide bonds. The van der Waals surface area contributed by atoms with Crippen LogP contribution in [0.5, 0.6) is 5.75 Å². The predicted molar refractivity (Wildman–Crippen MR) is 74.3 cm³/mol. The van der Waals surface area contributed by atoms with Gasteiger partial charge in [0.2, 0.25) is 0 Å². The lowest BCUT2D eigenvalue weighted by Gasteiger charge is -2.13. The van der Waals surface area contributed by atoms with Gasteiger partial charge in [0.15, 0.2) is 0 Å². The van der Waals surface area contributed by atoms with Gasteiger partial charge in [-0.05, 0) is 38.8 Å². The molecule has 0 aliphatic carbocycles. The van der Waals surface area contributed by atoms with Crippen LogP contribution in [0.25, 0.3) is 0 Å². The summed E-state index contributed by atoms with van der Waals surface area (Å²) in [7, 11) is 0. The van der Waals surface area contributed by atoms with Crippen LogP contribution >= 0.6 is 0 Å². The van der Waals surface area contributed by atoms with Crippen molar-refractivity contribution in [2.24, 2.45) is 5.16 Å². The lowest BCUT2D eigenvalue weighted by Crippen LogP contribution is -2.12. The average Bonchev–Trinajstić information content (AvgIpc) is 2.92. The Bertz CT molecular complexity index is 451. The van der Waals surface area contributed by atoms with Crippen LogP contribution in [-0.4, -0.2) is 30.2 Å². The molecule has 0 saturated carbocycles. The zero-order valence-corrected chi connectivity index (χ0v) is 11.6. The molecule has 1 fully saturated rings. The fraction of sp³-hybridized carbons (Fsp3) is 0.533. The molecule has 1 atom stereocenters. The van der Waals surface area contributed by atoms with Crippen molar-refractivity contribution in [3.05, 3.63) is 29.3 Å². The first-order valence-electron chi connectivity index (χ1n) is 6.75. The maximum absolute atomic E-state index is 8.91. The molecule has 1 heterocycles. The van der Waals surface area contributed by atoms with Crippen LogP contribution in [0, 0.1) is 6.92 Å². The van der Waals surface area contributed by atoms with Crippen molar-refractivity contribution in [1.29, 1.82) is 0 Å². The van der Waals surface area contributed by atoms with E-state index in [1.54, 1.807) is 6.92 Å².